The van der Waals surface area contributed by atoms with Crippen LogP contribution in [0.4, 0.5) is 0 Å². The molecule has 0 aromatic carbocycles. The lowest BCUT2D eigenvalue weighted by atomic mass is 10.4. The highest BCUT2D eigenvalue weighted by molar-refractivity contribution is 8.56. The number of nitrogens with zero attached hydrogens (tertiary/aromatic N) is 1. The first kappa shape index (κ1) is 17.7. The second kappa shape index (κ2) is 9.62. The van der Waals surface area contributed by atoms with Crippen LogP contribution in [0.2, 0.25) is 0 Å². The quantitative estimate of drug-likeness (QED) is 0.335. The van der Waals surface area contributed by atoms with Crippen molar-refractivity contribution < 1.29 is 9.09 Å². The van der Waals surface area contributed by atoms with Crippen LogP contribution in [0.25, 0.3) is 0 Å². The number of hydrogen-bond acceptors (Lipinski definition) is 4. The van der Waals surface area contributed by atoms with Gasteiger partial charge in [-0.2, -0.15) is 0 Å². The van der Waals surface area contributed by atoms with Gasteiger partial charge in [0, 0.05) is 17.7 Å². The summed E-state index contributed by atoms with van der Waals surface area (Å²) in [7, 11) is 0. The zero-order chi connectivity index (χ0) is 13.3. The van der Waals surface area contributed by atoms with E-state index >= 15 is 0 Å². The first-order chi connectivity index (χ1) is 8.03. The van der Waals surface area contributed by atoms with E-state index < -0.39 is 6.72 Å². The minimum atomic E-state index is -2.90. The molecular weight excluding hydrogens is 297 g/mol. The molecule has 0 radical (unpaired) electrons. The van der Waals surface area contributed by atoms with Crippen LogP contribution in [0.3, 0.4) is 0 Å². The predicted molar refractivity (Wildman–Crippen MR) is 82.3 cm³/mol. The van der Waals surface area contributed by atoms with Crippen LogP contribution in [0.15, 0.2) is 0 Å². The van der Waals surface area contributed by atoms with Crippen LogP contribution in [0.1, 0.15) is 33.6 Å². The van der Waals surface area contributed by atoms with Crippen LogP contribution in [-0.2, 0) is 9.09 Å². The van der Waals surface area contributed by atoms with Gasteiger partial charge in [-0.15, -0.1) is 11.6 Å². The minimum absolute atomic E-state index is 0.279. The van der Waals surface area contributed by atoms with Crippen molar-refractivity contribution in [2.75, 3.05) is 19.0 Å². The maximum Gasteiger partial charge on any atom is 0.354 e. The standard InChI is InChI=1S/C10H21ClNO2PS2/c1-4-10(3)17-15(13,14-5-2)12(9-16)8-6-7-11/h9-10H,4-8H2,1-3H3. The molecule has 2 unspecified atom stereocenters. The molecule has 0 rings (SSSR count). The number of rotatable bonds is 10. The van der Waals surface area contributed by atoms with Crippen molar-refractivity contribution >= 4 is 47.4 Å². The van der Waals surface area contributed by atoms with Gasteiger partial charge in [-0.25, -0.2) is 0 Å². The van der Waals surface area contributed by atoms with Crippen molar-refractivity contribution in [1.29, 1.82) is 0 Å². The molecule has 0 aliphatic carbocycles. The molecule has 0 saturated heterocycles. The molecule has 0 N–H and O–H groups in total. The van der Waals surface area contributed by atoms with Gasteiger partial charge in [0.15, 0.2) is 0 Å². The van der Waals surface area contributed by atoms with Crippen molar-refractivity contribution in [3.63, 3.8) is 0 Å². The zero-order valence-corrected chi connectivity index (χ0v) is 13.9. The Bertz CT molecular complexity index is 269. The van der Waals surface area contributed by atoms with Gasteiger partial charge in [-0.05, 0) is 31.1 Å². The lowest BCUT2D eigenvalue weighted by Gasteiger charge is -2.29. The summed E-state index contributed by atoms with van der Waals surface area (Å²) in [6.45, 7) is 4.04. The van der Waals surface area contributed by atoms with Crippen molar-refractivity contribution in [3.8, 4) is 0 Å². The summed E-state index contributed by atoms with van der Waals surface area (Å²) in [6.07, 6.45) is 1.69. The second-order valence-corrected chi connectivity index (χ2v) is 8.85. The minimum Gasteiger partial charge on any atom is -0.306 e. The van der Waals surface area contributed by atoms with E-state index in [4.69, 9.17) is 28.3 Å². The Labute approximate surface area is 119 Å². The fourth-order valence-electron chi connectivity index (χ4n) is 1.08. The number of alkyl halides is 1. The maximum atomic E-state index is 12.7. The van der Waals surface area contributed by atoms with Crippen molar-refractivity contribution in [2.45, 2.75) is 38.9 Å². The molecule has 17 heavy (non-hydrogen) atoms. The van der Waals surface area contributed by atoms with Crippen LogP contribution in [0, 0.1) is 0 Å². The molecule has 0 heterocycles. The first-order valence-corrected chi connectivity index (χ1v) is 9.82. The molecular formula is C10H21ClNO2PS2. The van der Waals surface area contributed by atoms with E-state index in [9.17, 15) is 4.57 Å². The summed E-state index contributed by atoms with van der Waals surface area (Å²) in [5.74, 6) is 0.528. The van der Waals surface area contributed by atoms with Gasteiger partial charge in [0.2, 0.25) is 0 Å². The lowest BCUT2D eigenvalue weighted by Crippen LogP contribution is -2.20. The van der Waals surface area contributed by atoms with Gasteiger partial charge in [0.05, 0.1) is 12.1 Å². The molecule has 0 spiro atoms. The Morgan fingerprint density at radius 3 is 2.65 bits per heavy atom. The van der Waals surface area contributed by atoms with Gasteiger partial charge in [-0.3, -0.25) is 9.24 Å². The Kier molecular flexibility index (Phi) is 10.0. The molecule has 0 aromatic rings. The molecule has 7 heteroatoms. The molecule has 0 aliphatic heterocycles. The molecule has 3 nitrogen and oxygen atoms in total. The van der Waals surface area contributed by atoms with Gasteiger partial charge >= 0.3 is 6.72 Å². The average molecular weight is 318 g/mol. The van der Waals surface area contributed by atoms with E-state index in [0.29, 0.717) is 19.0 Å². The summed E-state index contributed by atoms with van der Waals surface area (Å²) in [6, 6.07) is 0. The van der Waals surface area contributed by atoms with Crippen LogP contribution < -0.4 is 0 Å². The summed E-state index contributed by atoms with van der Waals surface area (Å²) in [5, 5.41) is 0.279. The average Bonchev–Trinajstić information content (AvgIpc) is 2.30. The topological polar surface area (TPSA) is 29.5 Å². The third-order valence-electron chi connectivity index (χ3n) is 2.14. The highest BCUT2D eigenvalue weighted by Crippen LogP contribution is 2.63. The third kappa shape index (κ3) is 6.44. The molecule has 0 saturated carbocycles. The molecule has 0 aromatic heterocycles. The largest absolute Gasteiger partial charge is 0.354 e. The second-order valence-electron chi connectivity index (χ2n) is 3.52. The zero-order valence-electron chi connectivity index (χ0n) is 10.6. The van der Waals surface area contributed by atoms with E-state index in [1.54, 1.807) is 4.67 Å². The van der Waals surface area contributed by atoms with Gasteiger partial charge in [0.25, 0.3) is 0 Å². The van der Waals surface area contributed by atoms with Gasteiger partial charge in [-0.1, -0.05) is 26.1 Å². The summed E-state index contributed by atoms with van der Waals surface area (Å²) in [4.78, 5) is 0. The molecule has 0 bridgehead atoms. The maximum absolute atomic E-state index is 12.7. The van der Waals surface area contributed by atoms with Gasteiger partial charge < -0.3 is 4.52 Å². The summed E-state index contributed by atoms with van der Waals surface area (Å²) < 4.78 is 19.8. The number of hydrogen-bond donors (Lipinski definition) is 0. The van der Waals surface area contributed by atoms with Crippen LogP contribution >= 0.6 is 41.9 Å². The first-order valence-electron chi connectivity index (χ1n) is 5.75. The highest BCUT2D eigenvalue weighted by atomic mass is 35.5. The van der Waals surface area contributed by atoms with Gasteiger partial charge in [0.1, 0.15) is 0 Å². The van der Waals surface area contributed by atoms with Crippen LogP contribution in [-0.4, -0.2) is 34.4 Å². The van der Waals surface area contributed by atoms with Crippen LogP contribution in [0.5, 0.6) is 0 Å². The lowest BCUT2D eigenvalue weighted by molar-refractivity contribution is 0.318. The molecule has 0 aliphatic rings. The fraction of sp³-hybridized carbons (Fsp3) is 0.900. The molecule has 2 atom stereocenters. The van der Waals surface area contributed by atoms with E-state index in [1.807, 2.05) is 13.8 Å². The number of halogens is 1. The molecule has 0 fully saturated rings. The Hall–Kier alpha value is 0.720. The normalized spacial score (nSPS) is 16.2. The van der Waals surface area contributed by atoms with E-state index in [1.165, 1.54) is 16.9 Å². The van der Waals surface area contributed by atoms with E-state index in [0.717, 1.165) is 12.8 Å². The smallest absolute Gasteiger partial charge is 0.306 e. The predicted octanol–water partition coefficient (Wildman–Crippen LogP) is 4.55. The Morgan fingerprint density at radius 2 is 2.24 bits per heavy atom. The SMILES string of the molecule is CCOP(=O)(SC(C)CC)N(C=S)CCCCl. The summed E-state index contributed by atoms with van der Waals surface area (Å²) in [5.41, 5.74) is 1.43. The molecule has 0 amide bonds. The summed E-state index contributed by atoms with van der Waals surface area (Å²) >= 11 is 12.0. The Balaban J connectivity index is 4.74. The molecule has 102 valence electrons. The van der Waals surface area contributed by atoms with E-state index in [-0.39, 0.29) is 5.25 Å². The number of thiocarbonyl (C=S) groups is 1. The van der Waals surface area contributed by atoms with E-state index in [2.05, 4.69) is 6.92 Å². The van der Waals surface area contributed by atoms with Crippen molar-refractivity contribution in [3.05, 3.63) is 0 Å². The monoisotopic (exact) mass is 317 g/mol. The van der Waals surface area contributed by atoms with Crippen molar-refractivity contribution in [1.82, 2.24) is 4.67 Å². The highest BCUT2D eigenvalue weighted by Gasteiger charge is 2.32. The third-order valence-corrected chi connectivity index (χ3v) is 8.13. The fourth-order valence-corrected chi connectivity index (χ4v) is 6.68. The van der Waals surface area contributed by atoms with Crippen molar-refractivity contribution in [2.24, 2.45) is 0 Å². The Morgan fingerprint density at radius 1 is 1.59 bits per heavy atom.